The van der Waals surface area contributed by atoms with Gasteiger partial charge in [-0.1, -0.05) is 11.3 Å². The second kappa shape index (κ2) is 4.58. The molecule has 0 saturated carbocycles. The molecule has 0 aliphatic carbocycles. The lowest BCUT2D eigenvalue weighted by Gasteiger charge is -2.05. The number of anilines is 2. The van der Waals surface area contributed by atoms with E-state index in [1.165, 1.54) is 11.3 Å². The zero-order valence-corrected chi connectivity index (χ0v) is 10.8. The van der Waals surface area contributed by atoms with Crippen LogP contribution in [0.5, 0.6) is 5.75 Å². The van der Waals surface area contributed by atoms with Gasteiger partial charge in [-0.15, -0.1) is 10.2 Å². The standard InChI is InChI=1S/C11H14N4OS/c1-15(2)11-14-13-10(17-11)7-4-5-8(12)9(6-7)16-3/h4-6H,12H2,1-3H3. The predicted molar refractivity (Wildman–Crippen MR) is 70.6 cm³/mol. The largest absolute Gasteiger partial charge is 0.495 e. The van der Waals surface area contributed by atoms with Crippen LogP contribution in [0.1, 0.15) is 0 Å². The van der Waals surface area contributed by atoms with Crippen LogP contribution in [0, 0.1) is 0 Å². The Morgan fingerprint density at radius 3 is 2.65 bits per heavy atom. The molecule has 2 aromatic rings. The zero-order valence-electron chi connectivity index (χ0n) is 9.97. The van der Waals surface area contributed by atoms with Crippen LogP contribution in [-0.4, -0.2) is 31.4 Å². The van der Waals surface area contributed by atoms with Gasteiger partial charge in [-0.25, -0.2) is 0 Å². The summed E-state index contributed by atoms with van der Waals surface area (Å²) in [5, 5.41) is 9.96. The van der Waals surface area contributed by atoms with Crippen molar-refractivity contribution in [1.29, 1.82) is 0 Å². The topological polar surface area (TPSA) is 64.3 Å². The smallest absolute Gasteiger partial charge is 0.208 e. The Bertz CT molecular complexity index is 524. The highest BCUT2D eigenvalue weighted by Crippen LogP contribution is 2.32. The van der Waals surface area contributed by atoms with Gasteiger partial charge >= 0.3 is 0 Å². The van der Waals surface area contributed by atoms with Crippen LogP contribution in [0.4, 0.5) is 10.8 Å². The van der Waals surface area contributed by atoms with Gasteiger partial charge in [-0.05, 0) is 18.2 Å². The number of aromatic nitrogens is 2. The van der Waals surface area contributed by atoms with Crippen LogP contribution in [0.15, 0.2) is 18.2 Å². The van der Waals surface area contributed by atoms with Crippen molar-refractivity contribution in [2.45, 2.75) is 0 Å². The molecule has 0 spiro atoms. The molecule has 17 heavy (non-hydrogen) atoms. The van der Waals surface area contributed by atoms with Crippen molar-refractivity contribution in [2.75, 3.05) is 31.8 Å². The fraction of sp³-hybridized carbons (Fsp3) is 0.273. The summed E-state index contributed by atoms with van der Waals surface area (Å²) in [7, 11) is 5.47. The number of nitrogen functional groups attached to an aromatic ring is 1. The van der Waals surface area contributed by atoms with Gasteiger partial charge in [0.25, 0.3) is 0 Å². The molecule has 1 heterocycles. The van der Waals surface area contributed by atoms with Crippen molar-refractivity contribution in [1.82, 2.24) is 10.2 Å². The highest BCUT2D eigenvalue weighted by atomic mass is 32.1. The molecule has 5 nitrogen and oxygen atoms in total. The zero-order chi connectivity index (χ0) is 12.4. The van der Waals surface area contributed by atoms with Crippen molar-refractivity contribution in [3.8, 4) is 16.3 Å². The lowest BCUT2D eigenvalue weighted by Crippen LogP contribution is -2.07. The van der Waals surface area contributed by atoms with E-state index in [1.807, 2.05) is 37.2 Å². The summed E-state index contributed by atoms with van der Waals surface area (Å²) in [4.78, 5) is 1.93. The quantitative estimate of drug-likeness (QED) is 0.842. The predicted octanol–water partition coefficient (Wildman–Crippen LogP) is 1.86. The number of benzene rings is 1. The lowest BCUT2D eigenvalue weighted by molar-refractivity contribution is 0.417. The van der Waals surface area contributed by atoms with Crippen molar-refractivity contribution in [3.05, 3.63) is 18.2 Å². The molecular weight excluding hydrogens is 236 g/mol. The molecule has 1 aromatic carbocycles. The first kappa shape index (κ1) is 11.7. The van der Waals surface area contributed by atoms with E-state index in [4.69, 9.17) is 10.5 Å². The van der Waals surface area contributed by atoms with E-state index < -0.39 is 0 Å². The molecule has 0 aliphatic rings. The van der Waals surface area contributed by atoms with Gasteiger partial charge in [0, 0.05) is 19.7 Å². The summed E-state index contributed by atoms with van der Waals surface area (Å²) in [5.41, 5.74) is 7.34. The maximum atomic E-state index is 5.77. The van der Waals surface area contributed by atoms with Crippen LogP contribution < -0.4 is 15.4 Å². The van der Waals surface area contributed by atoms with Gasteiger partial charge in [0.05, 0.1) is 12.8 Å². The van der Waals surface area contributed by atoms with E-state index in [2.05, 4.69) is 10.2 Å². The van der Waals surface area contributed by atoms with Crippen LogP contribution in [-0.2, 0) is 0 Å². The Hall–Kier alpha value is -1.82. The number of nitrogens with two attached hydrogens (primary N) is 1. The SMILES string of the molecule is COc1cc(-c2nnc(N(C)C)s2)ccc1N. The molecule has 6 heteroatoms. The van der Waals surface area contributed by atoms with Crippen LogP contribution in [0.2, 0.25) is 0 Å². The van der Waals surface area contributed by atoms with E-state index >= 15 is 0 Å². The normalized spacial score (nSPS) is 10.3. The van der Waals surface area contributed by atoms with E-state index in [1.54, 1.807) is 7.11 Å². The Labute approximate surface area is 104 Å². The second-order valence-corrected chi connectivity index (χ2v) is 4.70. The summed E-state index contributed by atoms with van der Waals surface area (Å²) in [6.45, 7) is 0. The fourth-order valence-corrected chi connectivity index (χ4v) is 2.12. The lowest BCUT2D eigenvalue weighted by atomic mass is 10.2. The van der Waals surface area contributed by atoms with Crippen molar-refractivity contribution in [2.24, 2.45) is 0 Å². The molecule has 2 N–H and O–H groups in total. The maximum Gasteiger partial charge on any atom is 0.208 e. The summed E-state index contributed by atoms with van der Waals surface area (Å²) < 4.78 is 5.18. The molecule has 0 amide bonds. The number of nitrogens with zero attached hydrogens (tertiary/aromatic N) is 3. The molecule has 0 aliphatic heterocycles. The monoisotopic (exact) mass is 250 g/mol. The van der Waals surface area contributed by atoms with Gasteiger partial charge < -0.3 is 15.4 Å². The summed E-state index contributed by atoms with van der Waals surface area (Å²) in [6.07, 6.45) is 0. The average Bonchev–Trinajstić information content (AvgIpc) is 2.79. The van der Waals surface area contributed by atoms with Gasteiger partial charge in [-0.3, -0.25) is 0 Å². The van der Waals surface area contributed by atoms with Crippen molar-refractivity contribution in [3.63, 3.8) is 0 Å². The van der Waals surface area contributed by atoms with Gasteiger partial charge in [-0.2, -0.15) is 0 Å². The first-order valence-corrected chi connectivity index (χ1v) is 5.88. The maximum absolute atomic E-state index is 5.77. The number of rotatable bonds is 3. The van der Waals surface area contributed by atoms with Crippen LogP contribution >= 0.6 is 11.3 Å². The molecule has 0 saturated heterocycles. The minimum atomic E-state index is 0.619. The molecule has 90 valence electrons. The molecule has 0 bridgehead atoms. The molecule has 0 fully saturated rings. The minimum absolute atomic E-state index is 0.619. The number of methoxy groups -OCH3 is 1. The first-order chi connectivity index (χ1) is 8.11. The minimum Gasteiger partial charge on any atom is -0.495 e. The first-order valence-electron chi connectivity index (χ1n) is 5.06. The van der Waals surface area contributed by atoms with Gasteiger partial charge in [0.15, 0.2) is 0 Å². The molecule has 2 rings (SSSR count). The Kier molecular flexibility index (Phi) is 3.14. The third-order valence-electron chi connectivity index (χ3n) is 2.28. The molecule has 0 unspecified atom stereocenters. The number of ether oxygens (including phenoxy) is 1. The summed E-state index contributed by atoms with van der Waals surface area (Å²) >= 11 is 1.53. The highest BCUT2D eigenvalue weighted by molar-refractivity contribution is 7.18. The van der Waals surface area contributed by atoms with E-state index in [9.17, 15) is 0 Å². The third-order valence-corrected chi connectivity index (χ3v) is 3.42. The Balaban J connectivity index is 2.38. The average molecular weight is 250 g/mol. The Morgan fingerprint density at radius 2 is 2.06 bits per heavy atom. The third kappa shape index (κ3) is 2.31. The van der Waals surface area contributed by atoms with Gasteiger partial charge in [0.1, 0.15) is 10.8 Å². The summed E-state index contributed by atoms with van der Waals surface area (Å²) in [5.74, 6) is 0.657. The van der Waals surface area contributed by atoms with Gasteiger partial charge in [0.2, 0.25) is 5.13 Å². The highest BCUT2D eigenvalue weighted by Gasteiger charge is 2.09. The van der Waals surface area contributed by atoms with E-state index in [0.717, 1.165) is 15.7 Å². The van der Waals surface area contributed by atoms with E-state index in [-0.39, 0.29) is 0 Å². The fourth-order valence-electron chi connectivity index (χ4n) is 1.36. The molecule has 0 radical (unpaired) electrons. The van der Waals surface area contributed by atoms with E-state index in [0.29, 0.717) is 11.4 Å². The van der Waals surface area contributed by atoms with Crippen LogP contribution in [0.3, 0.4) is 0 Å². The molecule has 1 aromatic heterocycles. The Morgan fingerprint density at radius 1 is 1.29 bits per heavy atom. The molecule has 0 atom stereocenters. The number of hydrogen-bond donors (Lipinski definition) is 1. The summed E-state index contributed by atoms with van der Waals surface area (Å²) in [6, 6.07) is 5.60. The van der Waals surface area contributed by atoms with Crippen molar-refractivity contribution < 1.29 is 4.74 Å². The second-order valence-electron chi connectivity index (χ2n) is 3.74. The van der Waals surface area contributed by atoms with Crippen LogP contribution in [0.25, 0.3) is 10.6 Å². The van der Waals surface area contributed by atoms with Crippen molar-refractivity contribution >= 4 is 22.2 Å². The number of hydrogen-bond acceptors (Lipinski definition) is 6. The molecular formula is C11H14N4OS.